The Kier molecular flexibility index (Phi) is 13.2. The molecule has 8 aromatic rings. The fraction of sp³-hybridized carbons (Fsp3) is 0.200. The second-order valence-electron chi connectivity index (χ2n) is 17.4. The molecule has 14 heteroatoms. The maximum absolute atomic E-state index is 13.7. The molecule has 1 atom stereocenters. The van der Waals surface area contributed by atoms with E-state index in [1.807, 2.05) is 56.3 Å². The number of H-pyrrole nitrogens is 2. The minimum Gasteiger partial charge on any atom is -0.379 e. The second-order valence-corrected chi connectivity index (χ2v) is 18.2. The highest BCUT2D eigenvalue weighted by atomic mass is 35.5. The average Bonchev–Trinajstić information content (AvgIpc) is 3.97. The number of hydrogen-bond acceptors (Lipinski definition) is 8. The normalized spacial score (nSPS) is 15.5. The van der Waals surface area contributed by atoms with Gasteiger partial charge in [0.15, 0.2) is 0 Å². The number of hydrogen-bond donors (Lipinski definition) is 4. The molecule has 1 unspecified atom stereocenters. The van der Waals surface area contributed by atoms with E-state index < -0.39 is 0 Å². The van der Waals surface area contributed by atoms with Crippen LogP contribution in [0.15, 0.2) is 134 Å². The minimum absolute atomic E-state index is 0.269. The molecule has 0 aliphatic carbocycles. The first-order valence-corrected chi connectivity index (χ1v) is 23.7. The molecule has 2 amide bonds. The number of halogens is 2. The highest BCUT2D eigenvalue weighted by Crippen LogP contribution is 2.44. The fourth-order valence-corrected chi connectivity index (χ4v) is 9.75. The van der Waals surface area contributed by atoms with Gasteiger partial charge >= 0.3 is 0 Å². The zero-order chi connectivity index (χ0) is 47.6. The Labute approximate surface area is 410 Å². The molecule has 348 valence electrons. The smallest absolute Gasteiger partial charge is 0.248 e. The molecule has 0 saturated carbocycles. The summed E-state index contributed by atoms with van der Waals surface area (Å²) in [6.45, 7) is 13.3. The summed E-state index contributed by atoms with van der Waals surface area (Å²) in [4.78, 5) is 47.1. The van der Waals surface area contributed by atoms with Gasteiger partial charge in [-0.2, -0.15) is 0 Å². The predicted molar refractivity (Wildman–Crippen MR) is 278 cm³/mol. The van der Waals surface area contributed by atoms with Crippen molar-refractivity contribution in [3.05, 3.63) is 161 Å². The summed E-state index contributed by atoms with van der Waals surface area (Å²) in [7, 11) is 0. The maximum atomic E-state index is 13.7. The van der Waals surface area contributed by atoms with Crippen LogP contribution in [0.2, 0.25) is 10.0 Å². The van der Waals surface area contributed by atoms with Gasteiger partial charge in [0.1, 0.15) is 11.3 Å². The average molecular weight is 958 g/mol. The zero-order valence-electron chi connectivity index (χ0n) is 38.2. The number of ether oxygens (including phenoxy) is 2. The minimum atomic E-state index is -0.341. The first kappa shape index (κ1) is 45.7. The maximum Gasteiger partial charge on any atom is 0.248 e. The van der Waals surface area contributed by atoms with Gasteiger partial charge in [0, 0.05) is 95.7 Å². The largest absolute Gasteiger partial charge is 0.379 e. The van der Waals surface area contributed by atoms with Gasteiger partial charge in [-0.3, -0.25) is 14.5 Å². The van der Waals surface area contributed by atoms with Gasteiger partial charge in [-0.15, -0.1) is 0 Å². The van der Waals surface area contributed by atoms with Crippen LogP contribution < -0.4 is 15.5 Å². The SMILES string of the molecule is C=CC(=O)Nc1cc(-c2c(-c3cccc(N4CCOC(/C=C\C(=O)Nc5cc(-c6c(-c7cccc(CN8CCOCC8)c7)[nH]c7nccc(Cl)c67)ccc5C)C4)c3)[nH]c3nccc(Cl)c23)ccc1C. The molecule has 69 heavy (non-hydrogen) atoms. The number of nitrogens with zero attached hydrogens (tertiary/aromatic N) is 4. The van der Waals surface area contributed by atoms with Crippen molar-refractivity contribution in [2.45, 2.75) is 26.5 Å². The van der Waals surface area contributed by atoms with Gasteiger partial charge in [-0.05, 0) is 102 Å². The number of aryl methyl sites for hydroxylation is 2. The summed E-state index contributed by atoms with van der Waals surface area (Å²) in [5.74, 6) is -0.561. The fourth-order valence-electron chi connectivity index (χ4n) is 9.27. The molecule has 2 fully saturated rings. The molecule has 6 heterocycles. The summed E-state index contributed by atoms with van der Waals surface area (Å²) >= 11 is 13.8. The standard InChI is InChI=1S/C55H50Cl2N8O4/c1-4-46(66)60-44-29-36(13-11-33(44)2)49-51-43(57)18-20-59-55(51)63-53(49)39-9-6-10-40(28-39)65-23-26-69-41(32-65)15-16-47(67)61-45-30-37(14-12-34(45)3)48-50-42(56)17-19-58-54(50)62-52(48)38-8-5-7-35(27-38)31-64-21-24-68-25-22-64/h4-20,27-30,41H,1,21-26,31-32H2,2-3H3,(H,58,62)(H,59,63)(H,60,66)(H,61,67)/b16-15-. The molecule has 4 aromatic heterocycles. The molecule has 2 saturated heterocycles. The Morgan fingerprint density at radius 3 is 1.94 bits per heavy atom. The molecular formula is C55H50Cl2N8O4. The van der Waals surface area contributed by atoms with Crippen molar-refractivity contribution in [2.75, 3.05) is 61.5 Å². The lowest BCUT2D eigenvalue weighted by Crippen LogP contribution is -2.41. The van der Waals surface area contributed by atoms with Crippen molar-refractivity contribution >= 4 is 74.1 Å². The molecule has 0 bridgehead atoms. The van der Waals surface area contributed by atoms with Gasteiger partial charge in [-0.1, -0.05) is 84.4 Å². The number of anilines is 3. The highest BCUT2D eigenvalue weighted by molar-refractivity contribution is 6.37. The number of benzene rings is 4. The third-order valence-corrected chi connectivity index (χ3v) is 13.5. The number of carbonyl (C=O) groups is 2. The topological polar surface area (TPSA) is 140 Å². The van der Waals surface area contributed by atoms with E-state index in [1.54, 1.807) is 30.6 Å². The van der Waals surface area contributed by atoms with Gasteiger partial charge < -0.3 is 35.0 Å². The summed E-state index contributed by atoms with van der Waals surface area (Å²) in [6, 6.07) is 32.4. The number of aromatic nitrogens is 4. The number of aromatic amines is 2. The molecule has 0 spiro atoms. The van der Waals surface area contributed by atoms with E-state index in [9.17, 15) is 9.59 Å². The van der Waals surface area contributed by atoms with Crippen LogP contribution in [0.5, 0.6) is 0 Å². The van der Waals surface area contributed by atoms with E-state index in [1.165, 1.54) is 11.6 Å². The van der Waals surface area contributed by atoms with E-state index in [0.29, 0.717) is 52.4 Å². The number of fused-ring (bicyclic) bond motifs is 2. The Bertz CT molecular complexity index is 3300. The summed E-state index contributed by atoms with van der Waals surface area (Å²) < 4.78 is 11.8. The lowest BCUT2D eigenvalue weighted by molar-refractivity contribution is -0.112. The lowest BCUT2D eigenvalue weighted by atomic mass is 9.96. The van der Waals surface area contributed by atoms with Crippen molar-refractivity contribution in [1.29, 1.82) is 0 Å². The van der Waals surface area contributed by atoms with Crippen molar-refractivity contribution in [3.63, 3.8) is 0 Å². The van der Waals surface area contributed by atoms with Crippen molar-refractivity contribution in [3.8, 4) is 44.8 Å². The van der Waals surface area contributed by atoms with E-state index in [0.717, 1.165) is 105 Å². The zero-order valence-corrected chi connectivity index (χ0v) is 39.8. The summed E-state index contributed by atoms with van der Waals surface area (Å²) in [5.41, 5.74) is 14.0. The monoisotopic (exact) mass is 956 g/mol. The Morgan fingerprint density at radius 1 is 0.725 bits per heavy atom. The van der Waals surface area contributed by atoms with Crippen LogP contribution in [0.3, 0.4) is 0 Å². The number of nitrogens with one attached hydrogen (secondary N) is 4. The predicted octanol–water partition coefficient (Wildman–Crippen LogP) is 11.4. The van der Waals surface area contributed by atoms with Gasteiger partial charge in [-0.25, -0.2) is 9.97 Å². The summed E-state index contributed by atoms with van der Waals surface area (Å²) in [6.07, 6.45) is 7.67. The summed E-state index contributed by atoms with van der Waals surface area (Å²) in [5, 5.41) is 8.81. The number of carbonyl (C=O) groups excluding carboxylic acids is 2. The van der Waals surface area contributed by atoms with E-state index in [-0.39, 0.29) is 17.9 Å². The second kappa shape index (κ2) is 19.9. The van der Waals surface area contributed by atoms with Gasteiger partial charge in [0.25, 0.3) is 0 Å². The van der Waals surface area contributed by atoms with E-state index in [2.05, 4.69) is 95.5 Å². The third-order valence-electron chi connectivity index (χ3n) is 12.8. The molecule has 4 N–H and O–H groups in total. The van der Waals surface area contributed by atoms with Crippen LogP contribution in [0.25, 0.3) is 66.8 Å². The van der Waals surface area contributed by atoms with Crippen molar-refractivity contribution in [1.82, 2.24) is 24.8 Å². The first-order chi connectivity index (χ1) is 33.6. The van der Waals surface area contributed by atoms with Crippen LogP contribution in [-0.4, -0.2) is 88.8 Å². The van der Waals surface area contributed by atoms with Crippen LogP contribution in [0, 0.1) is 13.8 Å². The number of rotatable bonds is 12. The highest BCUT2D eigenvalue weighted by Gasteiger charge is 2.24. The molecule has 10 rings (SSSR count). The van der Waals surface area contributed by atoms with Gasteiger partial charge in [0.2, 0.25) is 11.8 Å². The number of amides is 2. The first-order valence-electron chi connectivity index (χ1n) is 22.9. The molecule has 12 nitrogen and oxygen atoms in total. The van der Waals surface area contributed by atoms with E-state index >= 15 is 0 Å². The van der Waals surface area contributed by atoms with E-state index in [4.69, 9.17) is 32.7 Å². The van der Waals surface area contributed by atoms with Crippen molar-refractivity contribution < 1.29 is 19.1 Å². The molecule has 2 aliphatic rings. The molecule has 2 aliphatic heterocycles. The third kappa shape index (κ3) is 9.67. The van der Waals surface area contributed by atoms with Crippen LogP contribution >= 0.6 is 23.2 Å². The van der Waals surface area contributed by atoms with Gasteiger partial charge in [0.05, 0.1) is 47.4 Å². The van der Waals surface area contributed by atoms with Crippen LogP contribution in [-0.2, 0) is 25.6 Å². The number of pyridine rings is 2. The molecule has 0 radical (unpaired) electrons. The van der Waals surface area contributed by atoms with Crippen molar-refractivity contribution in [2.24, 2.45) is 0 Å². The quantitative estimate of drug-likeness (QED) is 0.0888. The lowest BCUT2D eigenvalue weighted by Gasteiger charge is -2.33. The Morgan fingerprint density at radius 2 is 1.32 bits per heavy atom. The molecular weight excluding hydrogens is 908 g/mol. The van der Waals surface area contributed by atoms with Crippen LogP contribution in [0.1, 0.15) is 16.7 Å². The van der Waals surface area contributed by atoms with Crippen LogP contribution in [0.4, 0.5) is 17.1 Å². The number of morpholine rings is 2. The Hall–Kier alpha value is -7.06. The Balaban J connectivity index is 0.881. The molecule has 4 aromatic carbocycles.